The molecule has 0 bridgehead atoms. The van der Waals surface area contributed by atoms with Crippen molar-refractivity contribution >= 4 is 31.5 Å². The van der Waals surface area contributed by atoms with Crippen LogP contribution in [0.1, 0.15) is 105 Å². The number of hydrogen-bond acceptors (Lipinski definition) is 10. The Bertz CT molecular complexity index is 1660. The molecule has 0 aromatic heterocycles. The molecule has 2 atom stereocenters. The predicted octanol–water partition coefficient (Wildman–Crippen LogP) is 8.09. The number of nitrogens with zero attached hydrogens (tertiary/aromatic N) is 4. The van der Waals surface area contributed by atoms with E-state index < -0.39 is 18.2 Å². The molecule has 0 radical (unpaired) electrons. The number of ether oxygens (including phenoxy) is 3. The zero-order chi connectivity index (χ0) is 39.1. The standard InChI is InChI=1S/C38H56N4O10Si/c1-9-27-15-13-17-39(27)37(44)30-22-34(49-6)35(24-32(30)42(47)48)51-20-12-10-11-19-50-33-23-31(41(45)46)29(21-26(33)2)36(43)40-18-14-16-28(40)25-52-53(7,8)38(3,4)5/h21-24,27-28H,9-20,25H2,1-8H3/t27-,28+/m1/s1. The van der Waals surface area contributed by atoms with Crippen molar-refractivity contribution in [2.45, 2.75) is 116 Å². The Balaban J connectivity index is 1.32. The summed E-state index contributed by atoms with van der Waals surface area (Å²) in [7, 11) is -0.607. The first-order valence-corrected chi connectivity index (χ1v) is 21.6. The van der Waals surface area contributed by atoms with E-state index in [1.54, 1.807) is 22.8 Å². The largest absolute Gasteiger partial charge is 0.493 e. The van der Waals surface area contributed by atoms with Gasteiger partial charge in [0.2, 0.25) is 0 Å². The zero-order valence-electron chi connectivity index (χ0n) is 32.5. The van der Waals surface area contributed by atoms with Crippen molar-refractivity contribution in [2.75, 3.05) is 40.0 Å². The van der Waals surface area contributed by atoms with E-state index in [0.29, 0.717) is 50.3 Å². The van der Waals surface area contributed by atoms with Crippen molar-refractivity contribution in [3.8, 4) is 17.2 Å². The number of methoxy groups -OCH3 is 1. The summed E-state index contributed by atoms with van der Waals surface area (Å²) in [5.74, 6) is 0.0208. The molecule has 2 aliphatic rings. The molecular formula is C38H56N4O10Si. The van der Waals surface area contributed by atoms with Crippen molar-refractivity contribution < 1.29 is 38.1 Å². The number of rotatable bonds is 17. The Morgan fingerprint density at radius 3 is 1.85 bits per heavy atom. The van der Waals surface area contributed by atoms with Crippen molar-refractivity contribution in [1.29, 1.82) is 0 Å². The van der Waals surface area contributed by atoms with Crippen LogP contribution in [-0.2, 0) is 4.43 Å². The van der Waals surface area contributed by atoms with Gasteiger partial charge in [-0.05, 0) is 88.1 Å². The van der Waals surface area contributed by atoms with Crippen LogP contribution < -0.4 is 14.2 Å². The second-order valence-corrected chi connectivity index (χ2v) is 20.3. The smallest absolute Gasteiger partial charge is 0.286 e. The summed E-state index contributed by atoms with van der Waals surface area (Å²) in [6, 6.07) is 5.45. The minimum atomic E-state index is -2.03. The van der Waals surface area contributed by atoms with E-state index in [0.717, 1.165) is 32.1 Å². The second kappa shape index (κ2) is 17.7. The van der Waals surface area contributed by atoms with E-state index in [1.807, 2.05) is 6.92 Å². The van der Waals surface area contributed by atoms with Crippen LogP contribution in [-0.4, -0.2) is 91.9 Å². The lowest BCUT2D eigenvalue weighted by Gasteiger charge is -2.38. The molecule has 0 saturated carbocycles. The Labute approximate surface area is 313 Å². The third-order valence-corrected chi connectivity index (χ3v) is 15.4. The van der Waals surface area contributed by atoms with Crippen LogP contribution in [0.25, 0.3) is 0 Å². The third kappa shape index (κ3) is 9.85. The normalized spacial score (nSPS) is 17.6. The van der Waals surface area contributed by atoms with Crippen LogP contribution in [0, 0.1) is 27.2 Å². The van der Waals surface area contributed by atoms with Crippen LogP contribution in [0.2, 0.25) is 18.1 Å². The molecular weight excluding hydrogens is 701 g/mol. The van der Waals surface area contributed by atoms with E-state index in [2.05, 4.69) is 33.9 Å². The summed E-state index contributed by atoms with van der Waals surface area (Å²) in [5, 5.41) is 24.1. The van der Waals surface area contributed by atoms with E-state index >= 15 is 0 Å². The molecule has 0 N–H and O–H groups in total. The van der Waals surface area contributed by atoms with E-state index in [1.165, 1.54) is 25.3 Å². The zero-order valence-corrected chi connectivity index (χ0v) is 33.5. The van der Waals surface area contributed by atoms with Gasteiger partial charge < -0.3 is 28.4 Å². The number of nitro benzene ring substituents is 2. The lowest BCUT2D eigenvalue weighted by atomic mass is 10.1. The Morgan fingerprint density at radius 1 is 0.811 bits per heavy atom. The molecule has 2 amide bonds. The van der Waals surface area contributed by atoms with Crippen LogP contribution >= 0.6 is 0 Å². The summed E-state index contributed by atoms with van der Waals surface area (Å²) in [5.41, 5.74) is 0.0403. The number of likely N-dealkylation sites (tertiary alicyclic amines) is 2. The van der Waals surface area contributed by atoms with Gasteiger partial charge in [0.1, 0.15) is 16.9 Å². The molecule has 0 aliphatic carbocycles. The van der Waals surface area contributed by atoms with Crippen molar-refractivity contribution in [2.24, 2.45) is 0 Å². The van der Waals surface area contributed by atoms with Crippen molar-refractivity contribution in [3.05, 3.63) is 61.2 Å². The summed E-state index contributed by atoms with van der Waals surface area (Å²) >= 11 is 0. The van der Waals surface area contributed by atoms with Crippen molar-refractivity contribution in [1.82, 2.24) is 9.80 Å². The molecule has 2 saturated heterocycles. The lowest BCUT2D eigenvalue weighted by molar-refractivity contribution is -0.385. The third-order valence-electron chi connectivity index (χ3n) is 10.9. The van der Waals surface area contributed by atoms with Gasteiger partial charge in [-0.15, -0.1) is 0 Å². The molecule has 0 spiro atoms. The van der Waals surface area contributed by atoms with E-state index in [4.69, 9.17) is 18.6 Å². The summed E-state index contributed by atoms with van der Waals surface area (Å²) in [4.78, 5) is 53.4. The summed E-state index contributed by atoms with van der Waals surface area (Å²) in [6.07, 6.45) is 6.01. The highest BCUT2D eigenvalue weighted by atomic mass is 28.4. The molecule has 4 rings (SSSR count). The first-order valence-electron chi connectivity index (χ1n) is 18.7. The molecule has 14 nitrogen and oxygen atoms in total. The van der Waals surface area contributed by atoms with E-state index in [9.17, 15) is 29.8 Å². The van der Waals surface area contributed by atoms with Gasteiger partial charge in [0.05, 0.1) is 55.0 Å². The van der Waals surface area contributed by atoms with Gasteiger partial charge in [-0.2, -0.15) is 0 Å². The number of amides is 2. The number of benzene rings is 2. The Kier molecular flexibility index (Phi) is 13.9. The Morgan fingerprint density at radius 2 is 1.32 bits per heavy atom. The molecule has 2 aromatic rings. The summed E-state index contributed by atoms with van der Waals surface area (Å²) < 4.78 is 23.7. The molecule has 2 fully saturated rings. The fourth-order valence-electron chi connectivity index (χ4n) is 6.68. The molecule has 2 aliphatic heterocycles. The maximum Gasteiger partial charge on any atom is 0.286 e. The molecule has 53 heavy (non-hydrogen) atoms. The highest BCUT2D eigenvalue weighted by molar-refractivity contribution is 6.74. The number of nitro groups is 2. The summed E-state index contributed by atoms with van der Waals surface area (Å²) in [6.45, 7) is 16.6. The van der Waals surface area contributed by atoms with Gasteiger partial charge in [0.15, 0.2) is 19.8 Å². The van der Waals surface area contributed by atoms with Gasteiger partial charge in [-0.25, -0.2) is 0 Å². The first-order chi connectivity index (χ1) is 25.0. The minimum absolute atomic E-state index is 0.0171. The molecule has 292 valence electrons. The molecule has 15 heteroatoms. The number of hydrogen-bond donors (Lipinski definition) is 0. The van der Waals surface area contributed by atoms with Crippen molar-refractivity contribution in [3.63, 3.8) is 0 Å². The number of carbonyl (C=O) groups is 2. The fraction of sp³-hybridized carbons (Fsp3) is 0.632. The topological polar surface area (TPSA) is 164 Å². The predicted molar refractivity (Wildman–Crippen MR) is 204 cm³/mol. The van der Waals surface area contributed by atoms with Crippen LogP contribution in [0.15, 0.2) is 24.3 Å². The van der Waals surface area contributed by atoms with Gasteiger partial charge in [0, 0.05) is 25.2 Å². The number of aryl methyl sites for hydroxylation is 1. The Hall–Kier alpha value is -4.24. The lowest BCUT2D eigenvalue weighted by Crippen LogP contribution is -2.46. The van der Waals surface area contributed by atoms with Gasteiger partial charge in [-0.3, -0.25) is 29.8 Å². The fourth-order valence-corrected chi connectivity index (χ4v) is 7.72. The average Bonchev–Trinajstić information content (AvgIpc) is 3.79. The van der Waals surface area contributed by atoms with Gasteiger partial charge in [0.25, 0.3) is 23.2 Å². The van der Waals surface area contributed by atoms with Crippen LogP contribution in [0.3, 0.4) is 0 Å². The van der Waals surface area contributed by atoms with E-state index in [-0.39, 0.29) is 76.2 Å². The monoisotopic (exact) mass is 756 g/mol. The van der Waals surface area contributed by atoms with Gasteiger partial charge in [-0.1, -0.05) is 27.7 Å². The number of unbranched alkanes of at least 4 members (excludes halogenated alkanes) is 2. The molecule has 0 unspecified atom stereocenters. The molecule has 2 aromatic carbocycles. The maximum atomic E-state index is 13.7. The minimum Gasteiger partial charge on any atom is -0.493 e. The number of carbonyl (C=O) groups excluding carboxylic acids is 2. The SMILES string of the molecule is CC[C@@H]1CCCN1C(=O)c1cc(OC)c(OCCCCCOc2cc([N+](=O)[O-])c(C(=O)N3CCC[C@H]3CO[Si](C)(C)C(C)(C)C)cc2C)cc1[N+](=O)[O-]. The second-order valence-electron chi connectivity index (χ2n) is 15.5. The van der Waals surface area contributed by atoms with Crippen LogP contribution in [0.4, 0.5) is 11.4 Å². The quantitative estimate of drug-likeness (QED) is 0.0667. The highest BCUT2D eigenvalue weighted by Crippen LogP contribution is 2.39. The molecule has 2 heterocycles. The van der Waals surface area contributed by atoms with Crippen LogP contribution in [0.5, 0.6) is 17.2 Å². The average molecular weight is 757 g/mol. The van der Waals surface area contributed by atoms with Gasteiger partial charge >= 0.3 is 0 Å². The highest BCUT2D eigenvalue weighted by Gasteiger charge is 2.40. The maximum absolute atomic E-state index is 13.7. The first kappa shape index (κ1) is 41.5.